The molecule has 1 amide bonds. The maximum Gasteiger partial charge on any atom is 0.224 e. The summed E-state index contributed by atoms with van der Waals surface area (Å²) in [5, 5.41) is 11.0. The van der Waals surface area contributed by atoms with E-state index < -0.39 is 15.7 Å². The lowest BCUT2D eigenvalue weighted by Gasteiger charge is -2.18. The SMILES string of the molecule is N#CCNC(=O)[C@H]1CCC[C@@H]1CS(=O)(=O)c1ccc(F)cc1. The molecule has 0 aliphatic heterocycles. The second-order valence-corrected chi connectivity index (χ2v) is 7.44. The number of sulfone groups is 1. The van der Waals surface area contributed by atoms with Gasteiger partial charge in [0.05, 0.1) is 16.7 Å². The van der Waals surface area contributed by atoms with Gasteiger partial charge in [0, 0.05) is 5.92 Å². The molecule has 0 bridgehead atoms. The molecule has 1 fully saturated rings. The third-order valence-electron chi connectivity index (χ3n) is 3.94. The van der Waals surface area contributed by atoms with Crippen molar-refractivity contribution in [3.63, 3.8) is 0 Å². The van der Waals surface area contributed by atoms with Crippen LogP contribution in [0.3, 0.4) is 0 Å². The van der Waals surface area contributed by atoms with Crippen LogP contribution in [0, 0.1) is 29.0 Å². The predicted octanol–water partition coefficient (Wildman–Crippen LogP) is 1.66. The van der Waals surface area contributed by atoms with E-state index >= 15 is 0 Å². The topological polar surface area (TPSA) is 87.0 Å². The zero-order valence-electron chi connectivity index (χ0n) is 12.0. The number of rotatable bonds is 5. The molecule has 0 saturated heterocycles. The Morgan fingerprint density at radius 1 is 1.32 bits per heavy atom. The van der Waals surface area contributed by atoms with Crippen LogP contribution in [0.15, 0.2) is 29.2 Å². The van der Waals surface area contributed by atoms with Crippen molar-refractivity contribution in [2.24, 2.45) is 11.8 Å². The van der Waals surface area contributed by atoms with Gasteiger partial charge >= 0.3 is 0 Å². The molecule has 5 nitrogen and oxygen atoms in total. The summed E-state index contributed by atoms with van der Waals surface area (Å²) in [5.41, 5.74) is 0. The minimum absolute atomic E-state index is 0.0667. The van der Waals surface area contributed by atoms with Crippen LogP contribution in [0.4, 0.5) is 4.39 Å². The molecule has 1 saturated carbocycles. The molecule has 118 valence electrons. The van der Waals surface area contributed by atoms with Crippen LogP contribution in [0.25, 0.3) is 0 Å². The molecule has 7 heteroatoms. The van der Waals surface area contributed by atoms with Crippen molar-refractivity contribution < 1.29 is 17.6 Å². The van der Waals surface area contributed by atoms with Crippen LogP contribution >= 0.6 is 0 Å². The monoisotopic (exact) mass is 324 g/mol. The summed E-state index contributed by atoms with van der Waals surface area (Å²) in [4.78, 5) is 12.0. The number of nitrogens with zero attached hydrogens (tertiary/aromatic N) is 1. The molecular formula is C15H17FN2O3S. The van der Waals surface area contributed by atoms with Gasteiger partial charge in [-0.05, 0) is 43.0 Å². The van der Waals surface area contributed by atoms with Crippen LogP contribution in [-0.4, -0.2) is 26.6 Å². The first-order chi connectivity index (χ1) is 10.4. The standard InChI is InChI=1S/C15H17FN2O3S/c16-12-4-6-13(7-5-12)22(20,21)10-11-2-1-3-14(11)15(19)18-9-8-17/h4-7,11,14H,1-3,9-10H2,(H,18,19)/t11-,14+/m1/s1. The Labute approximate surface area is 129 Å². The van der Waals surface area contributed by atoms with Gasteiger partial charge in [0.25, 0.3) is 0 Å². The first kappa shape index (κ1) is 16.4. The fraction of sp³-hybridized carbons (Fsp3) is 0.467. The molecule has 1 aliphatic carbocycles. The molecule has 2 rings (SSSR count). The molecule has 2 atom stereocenters. The van der Waals surface area contributed by atoms with E-state index in [0.717, 1.165) is 18.6 Å². The van der Waals surface area contributed by atoms with Crippen molar-refractivity contribution in [3.05, 3.63) is 30.1 Å². The molecule has 1 aromatic carbocycles. The Morgan fingerprint density at radius 2 is 2.00 bits per heavy atom. The fourth-order valence-electron chi connectivity index (χ4n) is 2.86. The summed E-state index contributed by atoms with van der Waals surface area (Å²) in [6.07, 6.45) is 2.07. The highest BCUT2D eigenvalue weighted by atomic mass is 32.2. The third kappa shape index (κ3) is 3.83. The largest absolute Gasteiger partial charge is 0.343 e. The van der Waals surface area contributed by atoms with E-state index in [9.17, 15) is 17.6 Å². The molecule has 0 radical (unpaired) electrons. The van der Waals surface area contributed by atoms with Gasteiger partial charge in [-0.3, -0.25) is 4.79 Å². The minimum atomic E-state index is -3.56. The Bertz CT molecular complexity index is 680. The number of halogens is 1. The Hall–Kier alpha value is -1.94. The van der Waals surface area contributed by atoms with Crippen LogP contribution in [0.1, 0.15) is 19.3 Å². The van der Waals surface area contributed by atoms with Crippen molar-refractivity contribution >= 4 is 15.7 Å². The molecule has 1 aromatic rings. The van der Waals surface area contributed by atoms with E-state index in [1.807, 2.05) is 6.07 Å². The maximum absolute atomic E-state index is 12.9. The Morgan fingerprint density at radius 3 is 2.64 bits per heavy atom. The molecule has 1 aliphatic rings. The van der Waals surface area contributed by atoms with Crippen molar-refractivity contribution in [2.45, 2.75) is 24.2 Å². The molecule has 0 heterocycles. The highest BCUT2D eigenvalue weighted by Gasteiger charge is 2.36. The lowest BCUT2D eigenvalue weighted by Crippen LogP contribution is -2.35. The number of carbonyl (C=O) groups is 1. The van der Waals surface area contributed by atoms with Crippen molar-refractivity contribution in [1.29, 1.82) is 5.26 Å². The number of nitrogens with one attached hydrogen (secondary N) is 1. The van der Waals surface area contributed by atoms with Gasteiger partial charge in [0.15, 0.2) is 9.84 Å². The maximum atomic E-state index is 12.9. The predicted molar refractivity (Wildman–Crippen MR) is 77.9 cm³/mol. The molecule has 0 unspecified atom stereocenters. The summed E-state index contributed by atoms with van der Waals surface area (Å²) in [7, 11) is -3.56. The summed E-state index contributed by atoms with van der Waals surface area (Å²) < 4.78 is 37.6. The van der Waals surface area contributed by atoms with Crippen molar-refractivity contribution in [2.75, 3.05) is 12.3 Å². The van der Waals surface area contributed by atoms with E-state index in [4.69, 9.17) is 5.26 Å². The van der Waals surface area contributed by atoms with Gasteiger partial charge < -0.3 is 5.32 Å². The molecule has 1 N–H and O–H groups in total. The number of nitriles is 1. The van der Waals surface area contributed by atoms with Crippen LogP contribution in [0.5, 0.6) is 0 Å². The zero-order valence-corrected chi connectivity index (χ0v) is 12.8. The minimum Gasteiger partial charge on any atom is -0.343 e. The van der Waals surface area contributed by atoms with Gasteiger partial charge in [-0.25, -0.2) is 12.8 Å². The van der Waals surface area contributed by atoms with E-state index in [-0.39, 0.29) is 34.9 Å². The van der Waals surface area contributed by atoms with Crippen molar-refractivity contribution in [3.8, 4) is 6.07 Å². The highest BCUT2D eigenvalue weighted by molar-refractivity contribution is 7.91. The van der Waals surface area contributed by atoms with Gasteiger partial charge in [-0.1, -0.05) is 6.42 Å². The first-order valence-corrected chi connectivity index (χ1v) is 8.72. The van der Waals surface area contributed by atoms with Crippen LogP contribution in [0.2, 0.25) is 0 Å². The molecule has 22 heavy (non-hydrogen) atoms. The highest BCUT2D eigenvalue weighted by Crippen LogP contribution is 2.34. The van der Waals surface area contributed by atoms with Gasteiger partial charge in [0.2, 0.25) is 5.91 Å². The van der Waals surface area contributed by atoms with Crippen LogP contribution < -0.4 is 5.32 Å². The van der Waals surface area contributed by atoms with E-state index in [1.165, 1.54) is 12.1 Å². The Balaban J connectivity index is 2.09. The lowest BCUT2D eigenvalue weighted by molar-refractivity contribution is -0.125. The second kappa shape index (κ2) is 6.88. The second-order valence-electron chi connectivity index (χ2n) is 5.41. The van der Waals surface area contributed by atoms with Gasteiger partial charge in [-0.2, -0.15) is 5.26 Å². The summed E-state index contributed by atoms with van der Waals surface area (Å²) in [5.74, 6) is -1.55. The Kier molecular flexibility index (Phi) is 5.14. The summed E-state index contributed by atoms with van der Waals surface area (Å²) in [6, 6.07) is 6.53. The smallest absolute Gasteiger partial charge is 0.224 e. The zero-order chi connectivity index (χ0) is 16.2. The first-order valence-electron chi connectivity index (χ1n) is 7.07. The number of hydrogen-bond acceptors (Lipinski definition) is 4. The fourth-order valence-corrected chi connectivity index (χ4v) is 4.57. The summed E-state index contributed by atoms with van der Waals surface area (Å²) in [6.45, 7) is -0.0766. The average Bonchev–Trinajstić information content (AvgIpc) is 2.92. The quantitative estimate of drug-likeness (QED) is 0.659. The van der Waals surface area contributed by atoms with Crippen LogP contribution in [-0.2, 0) is 14.6 Å². The van der Waals surface area contributed by atoms with E-state index in [0.29, 0.717) is 12.8 Å². The number of hydrogen-bond donors (Lipinski definition) is 1. The average molecular weight is 324 g/mol. The number of carbonyl (C=O) groups excluding carboxylic acids is 1. The normalized spacial score (nSPS) is 21.3. The molecular weight excluding hydrogens is 307 g/mol. The van der Waals surface area contributed by atoms with E-state index in [2.05, 4.69) is 5.32 Å². The lowest BCUT2D eigenvalue weighted by atomic mass is 9.97. The van der Waals surface area contributed by atoms with E-state index in [1.54, 1.807) is 0 Å². The van der Waals surface area contributed by atoms with Gasteiger partial charge in [-0.15, -0.1) is 0 Å². The van der Waals surface area contributed by atoms with Gasteiger partial charge in [0.1, 0.15) is 12.4 Å². The third-order valence-corrected chi connectivity index (χ3v) is 5.80. The number of benzene rings is 1. The summed E-state index contributed by atoms with van der Waals surface area (Å²) >= 11 is 0. The molecule has 0 spiro atoms. The van der Waals surface area contributed by atoms with Crippen molar-refractivity contribution in [1.82, 2.24) is 5.32 Å². The molecule has 0 aromatic heterocycles. The number of amides is 1.